The number of benzene rings is 3. The van der Waals surface area contributed by atoms with Crippen LogP contribution in [0, 0.1) is 0 Å². The molecule has 0 aliphatic heterocycles. The minimum Gasteiger partial charge on any atom is -0.484 e. The van der Waals surface area contributed by atoms with E-state index in [0.717, 1.165) is 4.31 Å². The van der Waals surface area contributed by atoms with Crippen LogP contribution in [-0.4, -0.2) is 39.6 Å². The number of amides is 2. The van der Waals surface area contributed by atoms with E-state index in [1.807, 2.05) is 0 Å². The van der Waals surface area contributed by atoms with Gasteiger partial charge in [0.1, 0.15) is 12.3 Å². The Hall–Kier alpha value is -4.18. The second-order valence-electron chi connectivity index (χ2n) is 6.78. The lowest BCUT2D eigenvalue weighted by molar-refractivity contribution is -0.120. The van der Waals surface area contributed by atoms with Crippen LogP contribution in [0.5, 0.6) is 5.75 Å². The van der Waals surface area contributed by atoms with Gasteiger partial charge in [0.2, 0.25) is 0 Å². The van der Waals surface area contributed by atoms with Crippen molar-refractivity contribution in [2.45, 2.75) is 4.90 Å². The highest BCUT2D eigenvalue weighted by molar-refractivity contribution is 7.92. The monoisotopic (exact) mass is 466 g/mol. The molecule has 0 aromatic heterocycles. The first-order chi connectivity index (χ1) is 15.9. The van der Waals surface area contributed by atoms with Crippen LogP contribution >= 0.6 is 0 Å². The molecular weight excluding hydrogens is 444 g/mol. The van der Waals surface area contributed by atoms with Crippen molar-refractivity contribution < 1.29 is 22.7 Å². The fourth-order valence-corrected chi connectivity index (χ4v) is 4.22. The van der Waals surface area contributed by atoms with Crippen molar-refractivity contribution in [2.75, 3.05) is 17.5 Å². The summed E-state index contributed by atoms with van der Waals surface area (Å²) in [5, 5.41) is 3.89. The number of nitrogens with two attached hydrogens (primary N) is 1. The zero-order valence-corrected chi connectivity index (χ0v) is 18.3. The molecule has 0 bridgehead atoms. The van der Waals surface area contributed by atoms with Crippen LogP contribution in [0.25, 0.3) is 0 Å². The average Bonchev–Trinajstić information content (AvgIpc) is 2.83. The van der Waals surface area contributed by atoms with Gasteiger partial charge in [-0.3, -0.25) is 13.9 Å². The summed E-state index contributed by atoms with van der Waals surface area (Å²) >= 11 is 0. The number of primary amides is 1. The number of carbonyl (C=O) groups is 2. The van der Waals surface area contributed by atoms with E-state index in [4.69, 9.17) is 10.5 Å². The van der Waals surface area contributed by atoms with Gasteiger partial charge in [0, 0.05) is 0 Å². The molecule has 3 aromatic carbocycles. The van der Waals surface area contributed by atoms with Crippen molar-refractivity contribution in [1.82, 2.24) is 5.43 Å². The fourth-order valence-electron chi connectivity index (χ4n) is 2.78. The number of anilines is 1. The Bertz CT molecular complexity index is 1210. The lowest BCUT2D eigenvalue weighted by atomic mass is 10.2. The highest BCUT2D eigenvalue weighted by atomic mass is 32.2. The van der Waals surface area contributed by atoms with Crippen molar-refractivity contribution in [3.05, 3.63) is 90.5 Å². The van der Waals surface area contributed by atoms with E-state index in [0.29, 0.717) is 17.0 Å². The van der Waals surface area contributed by atoms with Crippen LogP contribution in [0.3, 0.4) is 0 Å². The number of carbonyl (C=O) groups excluding carboxylic acids is 2. The van der Waals surface area contributed by atoms with E-state index in [9.17, 15) is 18.0 Å². The van der Waals surface area contributed by atoms with Gasteiger partial charge >= 0.3 is 0 Å². The molecule has 0 atom stereocenters. The van der Waals surface area contributed by atoms with Crippen LogP contribution in [-0.2, 0) is 19.6 Å². The molecule has 0 saturated heterocycles. The Morgan fingerprint density at radius 3 is 2.15 bits per heavy atom. The number of para-hydroxylation sites is 1. The zero-order chi connectivity index (χ0) is 23.7. The van der Waals surface area contributed by atoms with Crippen LogP contribution in [0.15, 0.2) is 94.9 Å². The number of hydrazone groups is 1. The summed E-state index contributed by atoms with van der Waals surface area (Å²) < 4.78 is 32.5. The number of ether oxygens (including phenoxy) is 1. The molecule has 33 heavy (non-hydrogen) atoms. The highest BCUT2D eigenvalue weighted by Crippen LogP contribution is 2.23. The van der Waals surface area contributed by atoms with E-state index in [2.05, 4.69) is 10.5 Å². The molecular formula is C23H22N4O5S. The Balaban J connectivity index is 1.68. The lowest BCUT2D eigenvalue weighted by Crippen LogP contribution is -2.39. The minimum absolute atomic E-state index is 0.0730. The standard InChI is InChI=1S/C23H22N4O5S/c24-22(28)17-32-20-13-11-18(12-14-20)15-25-26-23(29)16-27(19-7-3-1-4-8-19)33(30,31)21-9-5-2-6-10-21/h1-15H,16-17H2,(H2,24,28)(H,26,29)/b25-15-. The highest BCUT2D eigenvalue weighted by Gasteiger charge is 2.26. The maximum Gasteiger partial charge on any atom is 0.264 e. The Morgan fingerprint density at radius 1 is 0.939 bits per heavy atom. The smallest absolute Gasteiger partial charge is 0.264 e. The van der Waals surface area contributed by atoms with Crippen molar-refractivity contribution in [3.8, 4) is 5.75 Å². The number of hydrogen-bond acceptors (Lipinski definition) is 6. The van der Waals surface area contributed by atoms with Crippen molar-refractivity contribution in [2.24, 2.45) is 10.8 Å². The van der Waals surface area contributed by atoms with Crippen molar-refractivity contribution in [3.63, 3.8) is 0 Å². The largest absolute Gasteiger partial charge is 0.484 e. The van der Waals surface area contributed by atoms with E-state index >= 15 is 0 Å². The normalized spacial score (nSPS) is 11.2. The lowest BCUT2D eigenvalue weighted by Gasteiger charge is -2.23. The molecule has 10 heteroatoms. The number of hydrogen-bond donors (Lipinski definition) is 2. The summed E-state index contributed by atoms with van der Waals surface area (Å²) in [6, 6.07) is 22.8. The summed E-state index contributed by atoms with van der Waals surface area (Å²) in [4.78, 5) is 23.3. The number of nitrogens with one attached hydrogen (secondary N) is 1. The second-order valence-corrected chi connectivity index (χ2v) is 8.64. The molecule has 0 aliphatic carbocycles. The molecule has 0 unspecified atom stereocenters. The Kier molecular flexibility index (Phi) is 7.77. The maximum absolute atomic E-state index is 13.2. The molecule has 3 aromatic rings. The third kappa shape index (κ3) is 6.65. The van der Waals surface area contributed by atoms with Crippen LogP contribution in [0.2, 0.25) is 0 Å². The van der Waals surface area contributed by atoms with Gasteiger partial charge in [-0.15, -0.1) is 0 Å². The molecule has 170 valence electrons. The van der Waals surface area contributed by atoms with Crippen LogP contribution in [0.4, 0.5) is 5.69 Å². The zero-order valence-electron chi connectivity index (χ0n) is 17.5. The van der Waals surface area contributed by atoms with Gasteiger partial charge in [-0.05, 0) is 54.1 Å². The Morgan fingerprint density at radius 2 is 1.55 bits per heavy atom. The molecule has 0 saturated carbocycles. The predicted molar refractivity (Wildman–Crippen MR) is 124 cm³/mol. The van der Waals surface area contributed by atoms with E-state index in [-0.39, 0.29) is 11.5 Å². The van der Waals surface area contributed by atoms with Gasteiger partial charge in [0.15, 0.2) is 6.61 Å². The fraction of sp³-hybridized carbons (Fsp3) is 0.0870. The quantitative estimate of drug-likeness (QED) is 0.348. The van der Waals surface area contributed by atoms with Gasteiger partial charge in [-0.25, -0.2) is 13.8 Å². The molecule has 0 fully saturated rings. The van der Waals surface area contributed by atoms with Gasteiger partial charge in [-0.1, -0.05) is 36.4 Å². The van der Waals surface area contributed by atoms with Crippen molar-refractivity contribution in [1.29, 1.82) is 0 Å². The van der Waals surface area contributed by atoms with Gasteiger partial charge in [-0.2, -0.15) is 5.10 Å². The van der Waals surface area contributed by atoms with Crippen LogP contribution in [0.1, 0.15) is 5.56 Å². The first kappa shape index (κ1) is 23.5. The molecule has 0 radical (unpaired) electrons. The molecule has 3 rings (SSSR count). The van der Waals surface area contributed by atoms with E-state index < -0.39 is 28.4 Å². The third-order valence-electron chi connectivity index (χ3n) is 4.33. The number of nitrogens with zero attached hydrogens (tertiary/aromatic N) is 2. The maximum atomic E-state index is 13.2. The molecule has 3 N–H and O–H groups in total. The van der Waals surface area contributed by atoms with E-state index in [1.165, 1.54) is 18.3 Å². The van der Waals surface area contributed by atoms with Gasteiger partial charge < -0.3 is 10.5 Å². The minimum atomic E-state index is -3.97. The third-order valence-corrected chi connectivity index (χ3v) is 6.11. The van der Waals surface area contributed by atoms with Gasteiger partial charge in [0.25, 0.3) is 21.8 Å². The molecule has 0 spiro atoms. The topological polar surface area (TPSA) is 131 Å². The Labute approximate surface area is 191 Å². The first-order valence-corrected chi connectivity index (χ1v) is 11.3. The average molecular weight is 467 g/mol. The summed E-state index contributed by atoms with van der Waals surface area (Å²) in [5.41, 5.74) is 8.38. The number of sulfonamides is 1. The molecule has 2 amide bonds. The van der Waals surface area contributed by atoms with Gasteiger partial charge in [0.05, 0.1) is 16.8 Å². The van der Waals surface area contributed by atoms with Crippen LogP contribution < -0.4 is 20.2 Å². The SMILES string of the molecule is NC(=O)COc1ccc(/C=N\NC(=O)CN(c2ccccc2)S(=O)(=O)c2ccccc2)cc1. The molecule has 0 heterocycles. The predicted octanol–water partition coefficient (Wildman–Crippen LogP) is 1.90. The van der Waals surface area contributed by atoms with E-state index in [1.54, 1.807) is 72.8 Å². The summed E-state index contributed by atoms with van der Waals surface area (Å²) in [7, 11) is -3.97. The molecule has 0 aliphatic rings. The summed E-state index contributed by atoms with van der Waals surface area (Å²) in [6.07, 6.45) is 1.40. The number of rotatable bonds is 10. The molecule has 9 nitrogen and oxygen atoms in total. The first-order valence-electron chi connectivity index (χ1n) is 9.82. The van der Waals surface area contributed by atoms with Crippen molar-refractivity contribution >= 4 is 33.7 Å². The second kappa shape index (κ2) is 10.9. The summed E-state index contributed by atoms with van der Waals surface area (Å²) in [6.45, 7) is -0.689. The summed E-state index contributed by atoms with van der Waals surface area (Å²) in [5.74, 6) is -0.738.